The number of nitrogens with zero attached hydrogens (tertiary/aromatic N) is 3. The summed E-state index contributed by atoms with van der Waals surface area (Å²) < 4.78 is 6.94. The Kier molecular flexibility index (Phi) is 4.25. The Labute approximate surface area is 100 Å². The van der Waals surface area contributed by atoms with Crippen molar-refractivity contribution in [3.8, 4) is 0 Å². The Balaban J connectivity index is 3.24. The maximum Gasteiger partial charge on any atom is 0.271 e. The third-order valence-electron chi connectivity index (χ3n) is 2.39. The molecule has 6 nitrogen and oxygen atoms in total. The van der Waals surface area contributed by atoms with E-state index < -0.39 is 5.91 Å². The van der Waals surface area contributed by atoms with E-state index in [2.05, 4.69) is 10.1 Å². The van der Waals surface area contributed by atoms with Gasteiger partial charge in [-0.05, 0) is 13.8 Å². The summed E-state index contributed by atoms with van der Waals surface area (Å²) >= 11 is 0. The molecule has 0 aliphatic carbocycles. The second-order valence-corrected chi connectivity index (χ2v) is 3.56. The highest BCUT2D eigenvalue weighted by molar-refractivity contribution is 5.97. The molecule has 0 saturated heterocycles. The van der Waals surface area contributed by atoms with Crippen LogP contribution in [0.15, 0.2) is 4.99 Å². The minimum atomic E-state index is -0.584. The zero-order valence-corrected chi connectivity index (χ0v) is 10.6. The second-order valence-electron chi connectivity index (χ2n) is 3.56. The minimum absolute atomic E-state index is 0.177. The van der Waals surface area contributed by atoms with Crippen molar-refractivity contribution in [1.82, 2.24) is 9.78 Å². The number of aliphatic imine (C=N–C) groups is 1. The van der Waals surface area contributed by atoms with Crippen LogP contribution in [0.5, 0.6) is 0 Å². The van der Waals surface area contributed by atoms with Gasteiger partial charge in [0.25, 0.3) is 5.91 Å². The molecule has 0 radical (unpaired) electrons. The lowest BCUT2D eigenvalue weighted by atomic mass is 10.3. The van der Waals surface area contributed by atoms with Crippen molar-refractivity contribution in [3.63, 3.8) is 0 Å². The number of primary amides is 1. The Morgan fingerprint density at radius 1 is 1.53 bits per heavy atom. The third kappa shape index (κ3) is 2.83. The molecule has 0 spiro atoms. The number of ether oxygens (including phenoxy) is 1. The molecule has 1 amide bonds. The molecule has 0 aromatic carbocycles. The first-order valence-corrected chi connectivity index (χ1v) is 5.55. The van der Waals surface area contributed by atoms with Gasteiger partial charge < -0.3 is 10.5 Å². The van der Waals surface area contributed by atoms with Crippen LogP contribution >= 0.6 is 0 Å². The smallest absolute Gasteiger partial charge is 0.271 e. The van der Waals surface area contributed by atoms with Crippen molar-refractivity contribution >= 4 is 17.5 Å². The maximum absolute atomic E-state index is 11.3. The van der Waals surface area contributed by atoms with Crippen molar-refractivity contribution in [1.29, 1.82) is 0 Å². The average molecular weight is 238 g/mol. The maximum atomic E-state index is 11.3. The van der Waals surface area contributed by atoms with Crippen molar-refractivity contribution in [3.05, 3.63) is 11.4 Å². The van der Waals surface area contributed by atoms with Gasteiger partial charge in [0.05, 0.1) is 12.3 Å². The highest BCUT2D eigenvalue weighted by Crippen LogP contribution is 2.23. The predicted octanol–water partition coefficient (Wildman–Crippen LogP) is 1.30. The minimum Gasteiger partial charge on any atom is -0.481 e. The molecule has 0 atom stereocenters. The van der Waals surface area contributed by atoms with E-state index in [1.54, 1.807) is 11.7 Å². The molecular formula is C11H18N4O2. The molecule has 17 heavy (non-hydrogen) atoms. The highest BCUT2D eigenvalue weighted by Gasteiger charge is 2.17. The van der Waals surface area contributed by atoms with E-state index in [4.69, 9.17) is 10.5 Å². The number of hydrogen-bond donors (Lipinski definition) is 1. The lowest BCUT2D eigenvalue weighted by molar-refractivity contribution is 0.0995. The fraction of sp³-hybridized carbons (Fsp3) is 0.545. The van der Waals surface area contributed by atoms with E-state index in [9.17, 15) is 4.79 Å². The molecule has 1 rings (SSSR count). The number of aromatic nitrogens is 2. The first-order valence-electron chi connectivity index (χ1n) is 5.55. The van der Waals surface area contributed by atoms with Crippen LogP contribution in [0.4, 0.5) is 5.69 Å². The van der Waals surface area contributed by atoms with Gasteiger partial charge in [-0.3, -0.25) is 9.48 Å². The summed E-state index contributed by atoms with van der Waals surface area (Å²) in [6, 6.07) is 0. The van der Waals surface area contributed by atoms with Crippen LogP contribution in [0.1, 0.15) is 36.5 Å². The summed E-state index contributed by atoms with van der Waals surface area (Å²) in [7, 11) is 1.74. The quantitative estimate of drug-likeness (QED) is 0.634. The molecule has 0 aliphatic rings. The average Bonchev–Trinajstić information content (AvgIpc) is 2.56. The summed E-state index contributed by atoms with van der Waals surface area (Å²) in [6.07, 6.45) is 0.653. The van der Waals surface area contributed by atoms with Gasteiger partial charge in [0, 0.05) is 13.5 Å². The monoisotopic (exact) mass is 238 g/mol. The van der Waals surface area contributed by atoms with Crippen molar-refractivity contribution < 1.29 is 9.53 Å². The molecule has 1 heterocycles. The molecule has 1 aromatic heterocycles. The normalized spacial score (nSPS) is 11.6. The molecule has 2 N–H and O–H groups in total. The topological polar surface area (TPSA) is 82.5 Å². The van der Waals surface area contributed by atoms with Gasteiger partial charge in [-0.15, -0.1) is 0 Å². The standard InChI is InChI=1S/C11H18N4O2/c1-5-8(17-6-2)13-9-7(3)15(4)14-10(9)11(12)16/h5-6H2,1-4H3,(H2,12,16). The number of carbonyl (C=O) groups is 1. The SMILES string of the molecule is CCOC(CC)=Nc1c(C(N)=O)nn(C)c1C. The van der Waals surface area contributed by atoms with Crippen LogP contribution in [0.3, 0.4) is 0 Å². The molecule has 0 saturated carbocycles. The van der Waals surface area contributed by atoms with E-state index in [1.807, 2.05) is 20.8 Å². The second kappa shape index (κ2) is 5.47. The summed E-state index contributed by atoms with van der Waals surface area (Å²) in [4.78, 5) is 15.6. The fourth-order valence-electron chi connectivity index (χ4n) is 1.40. The first-order chi connectivity index (χ1) is 8.01. The van der Waals surface area contributed by atoms with Crippen LogP contribution in [-0.2, 0) is 11.8 Å². The lowest BCUT2D eigenvalue weighted by Crippen LogP contribution is -2.12. The van der Waals surface area contributed by atoms with Gasteiger partial charge in [0.2, 0.25) is 0 Å². The number of aryl methyl sites for hydroxylation is 1. The number of rotatable bonds is 4. The van der Waals surface area contributed by atoms with Crippen molar-refractivity contribution in [2.45, 2.75) is 27.2 Å². The summed E-state index contributed by atoms with van der Waals surface area (Å²) in [5, 5.41) is 4.04. The highest BCUT2D eigenvalue weighted by atomic mass is 16.5. The predicted molar refractivity (Wildman–Crippen MR) is 65.5 cm³/mol. The lowest BCUT2D eigenvalue weighted by Gasteiger charge is -2.04. The number of amides is 1. The van der Waals surface area contributed by atoms with Crippen LogP contribution in [-0.4, -0.2) is 28.2 Å². The first kappa shape index (κ1) is 13.2. The Morgan fingerprint density at radius 3 is 2.65 bits per heavy atom. The molecular weight excluding hydrogens is 220 g/mol. The van der Waals surface area contributed by atoms with Gasteiger partial charge >= 0.3 is 0 Å². The Morgan fingerprint density at radius 2 is 2.18 bits per heavy atom. The van der Waals surface area contributed by atoms with Crippen LogP contribution in [0.2, 0.25) is 0 Å². The Bertz CT molecular complexity index is 449. The molecule has 0 unspecified atom stereocenters. The largest absolute Gasteiger partial charge is 0.481 e. The van der Waals surface area contributed by atoms with E-state index in [1.165, 1.54) is 0 Å². The number of hydrogen-bond acceptors (Lipinski definition) is 4. The van der Waals surface area contributed by atoms with E-state index in [0.29, 0.717) is 24.6 Å². The zero-order valence-electron chi connectivity index (χ0n) is 10.6. The van der Waals surface area contributed by atoms with Crippen LogP contribution in [0, 0.1) is 6.92 Å². The van der Waals surface area contributed by atoms with Gasteiger partial charge in [0.15, 0.2) is 11.6 Å². The molecule has 94 valence electrons. The van der Waals surface area contributed by atoms with E-state index in [0.717, 1.165) is 5.69 Å². The van der Waals surface area contributed by atoms with Crippen molar-refractivity contribution in [2.24, 2.45) is 17.8 Å². The van der Waals surface area contributed by atoms with Gasteiger partial charge in [-0.2, -0.15) is 5.10 Å². The van der Waals surface area contributed by atoms with Gasteiger partial charge in [0.1, 0.15) is 5.69 Å². The fourth-order valence-corrected chi connectivity index (χ4v) is 1.40. The van der Waals surface area contributed by atoms with Crippen molar-refractivity contribution in [2.75, 3.05) is 6.61 Å². The Hall–Kier alpha value is -1.85. The van der Waals surface area contributed by atoms with E-state index >= 15 is 0 Å². The number of carbonyl (C=O) groups excluding carboxylic acids is 1. The molecule has 0 bridgehead atoms. The third-order valence-corrected chi connectivity index (χ3v) is 2.39. The van der Waals surface area contributed by atoms with Gasteiger partial charge in [-0.1, -0.05) is 6.92 Å². The zero-order chi connectivity index (χ0) is 13.0. The molecule has 0 aliphatic heterocycles. The summed E-state index contributed by atoms with van der Waals surface area (Å²) in [5.41, 5.74) is 6.71. The van der Waals surface area contributed by atoms with Crippen LogP contribution < -0.4 is 5.73 Å². The number of nitrogens with two attached hydrogens (primary N) is 1. The molecule has 0 fully saturated rings. The summed E-state index contributed by atoms with van der Waals surface area (Å²) in [6.45, 7) is 6.19. The molecule has 1 aromatic rings. The van der Waals surface area contributed by atoms with E-state index in [-0.39, 0.29) is 5.69 Å². The summed E-state index contributed by atoms with van der Waals surface area (Å²) in [5.74, 6) is -0.00879. The molecule has 6 heteroatoms. The van der Waals surface area contributed by atoms with Gasteiger partial charge in [-0.25, -0.2) is 4.99 Å². The van der Waals surface area contributed by atoms with Crippen LogP contribution in [0.25, 0.3) is 0 Å².